The summed E-state index contributed by atoms with van der Waals surface area (Å²) in [7, 11) is -4.19. The van der Waals surface area contributed by atoms with E-state index in [0.717, 1.165) is 14.3 Å². The van der Waals surface area contributed by atoms with E-state index in [0.29, 0.717) is 17.4 Å². The van der Waals surface area contributed by atoms with Crippen LogP contribution in [0.15, 0.2) is 82.2 Å². The quantitative estimate of drug-likeness (QED) is 0.274. The molecule has 1 N–H and O–H groups in total. The van der Waals surface area contributed by atoms with Crippen molar-refractivity contribution in [1.29, 1.82) is 0 Å². The number of nitrogens with zero attached hydrogens (tertiary/aromatic N) is 2. The van der Waals surface area contributed by atoms with E-state index in [2.05, 4.69) is 21.2 Å². The Hall–Kier alpha value is -3.08. The van der Waals surface area contributed by atoms with Gasteiger partial charge in [-0.3, -0.25) is 13.9 Å². The third kappa shape index (κ3) is 8.22. The number of anilines is 1. The number of hydrogen-bond acceptors (Lipinski definition) is 5. The van der Waals surface area contributed by atoms with E-state index in [1.165, 1.54) is 29.2 Å². The zero-order valence-corrected chi connectivity index (χ0v) is 26.0. The van der Waals surface area contributed by atoms with Gasteiger partial charge in [0.05, 0.1) is 17.2 Å². The fourth-order valence-electron chi connectivity index (χ4n) is 3.96. The van der Waals surface area contributed by atoms with Gasteiger partial charge >= 0.3 is 0 Å². The minimum atomic E-state index is -4.19. The van der Waals surface area contributed by atoms with E-state index < -0.39 is 28.5 Å². The predicted octanol–water partition coefficient (Wildman–Crippen LogP) is 5.64. The van der Waals surface area contributed by atoms with Crippen LogP contribution >= 0.6 is 27.5 Å². The number of rotatable bonds is 12. The number of hydrogen-bond donors (Lipinski definition) is 1. The highest BCUT2D eigenvalue weighted by atomic mass is 79.9. The van der Waals surface area contributed by atoms with Gasteiger partial charge in [-0.05, 0) is 93.9 Å². The van der Waals surface area contributed by atoms with Crippen LogP contribution in [0.5, 0.6) is 5.75 Å². The van der Waals surface area contributed by atoms with Gasteiger partial charge in [0.25, 0.3) is 10.0 Å². The van der Waals surface area contributed by atoms with Crippen LogP contribution in [0.1, 0.15) is 33.3 Å². The van der Waals surface area contributed by atoms with E-state index in [1.54, 1.807) is 31.2 Å². The lowest BCUT2D eigenvalue weighted by molar-refractivity contribution is -0.139. The molecular formula is C29H33BrClN3O5S. The predicted molar refractivity (Wildman–Crippen MR) is 161 cm³/mol. The Labute approximate surface area is 249 Å². The molecule has 0 fully saturated rings. The molecule has 0 aliphatic rings. The van der Waals surface area contributed by atoms with Gasteiger partial charge in [-0.25, -0.2) is 8.42 Å². The summed E-state index contributed by atoms with van der Waals surface area (Å²) in [6.45, 7) is 7.15. The molecule has 0 saturated heterocycles. The Bertz CT molecular complexity index is 1420. The van der Waals surface area contributed by atoms with Crippen molar-refractivity contribution in [2.45, 2.75) is 51.2 Å². The van der Waals surface area contributed by atoms with E-state index in [-0.39, 0.29) is 29.1 Å². The maximum atomic E-state index is 13.9. The standard InChI is InChI=1S/C29H33BrClN3O5S/c1-5-39-26-13-11-25(12-14-26)34(40(37,38)27-15-9-24(31)10-16-27)19-28(35)33(21(4)29(36)32-20(2)3)18-22-7-6-8-23(30)17-22/h6-17,20-21H,5,18-19H2,1-4H3,(H,32,36)/t21-/m0/s1. The number of sulfonamides is 1. The zero-order chi connectivity index (χ0) is 29.4. The minimum Gasteiger partial charge on any atom is -0.494 e. The molecule has 2 amide bonds. The molecule has 0 saturated carbocycles. The number of benzene rings is 3. The van der Waals surface area contributed by atoms with Gasteiger partial charge in [-0.2, -0.15) is 0 Å². The van der Waals surface area contributed by atoms with E-state index >= 15 is 0 Å². The van der Waals surface area contributed by atoms with Crippen molar-refractivity contribution < 1.29 is 22.7 Å². The smallest absolute Gasteiger partial charge is 0.264 e. The summed E-state index contributed by atoms with van der Waals surface area (Å²) >= 11 is 9.44. The number of ether oxygens (including phenoxy) is 1. The third-order valence-electron chi connectivity index (χ3n) is 5.96. The van der Waals surface area contributed by atoms with E-state index in [1.807, 2.05) is 45.0 Å². The van der Waals surface area contributed by atoms with Crippen molar-refractivity contribution in [2.75, 3.05) is 17.5 Å². The van der Waals surface area contributed by atoms with Gasteiger partial charge in [-0.1, -0.05) is 39.7 Å². The van der Waals surface area contributed by atoms with Crippen molar-refractivity contribution in [2.24, 2.45) is 0 Å². The molecule has 0 aliphatic carbocycles. The van der Waals surface area contributed by atoms with Crippen LogP contribution in [-0.4, -0.2) is 50.4 Å². The minimum absolute atomic E-state index is 0.0253. The van der Waals surface area contributed by atoms with Crippen molar-refractivity contribution in [3.8, 4) is 5.75 Å². The van der Waals surface area contributed by atoms with Crippen LogP contribution in [0.2, 0.25) is 5.02 Å². The van der Waals surface area contributed by atoms with Crippen molar-refractivity contribution in [3.05, 3.63) is 87.9 Å². The van der Waals surface area contributed by atoms with Crippen molar-refractivity contribution in [3.63, 3.8) is 0 Å². The summed E-state index contributed by atoms with van der Waals surface area (Å²) in [5.41, 5.74) is 1.05. The second kappa shape index (κ2) is 14.0. The summed E-state index contributed by atoms with van der Waals surface area (Å²) < 4.78 is 35.1. The van der Waals surface area contributed by atoms with Crippen LogP contribution in [0, 0.1) is 0 Å². The lowest BCUT2D eigenvalue weighted by Gasteiger charge is -2.32. The van der Waals surface area contributed by atoms with Gasteiger partial charge < -0.3 is 15.0 Å². The Morgan fingerprint density at radius 2 is 1.65 bits per heavy atom. The van der Waals surface area contributed by atoms with E-state index in [4.69, 9.17) is 16.3 Å². The lowest BCUT2D eigenvalue weighted by atomic mass is 10.1. The molecule has 3 aromatic rings. The molecule has 1 atom stereocenters. The zero-order valence-electron chi connectivity index (χ0n) is 22.8. The average molecular weight is 651 g/mol. The average Bonchev–Trinajstić information content (AvgIpc) is 2.90. The first kappa shape index (κ1) is 31.4. The summed E-state index contributed by atoms with van der Waals surface area (Å²) in [4.78, 5) is 28.3. The van der Waals surface area contributed by atoms with Crippen LogP contribution < -0.4 is 14.4 Å². The molecule has 3 rings (SSSR count). The van der Waals surface area contributed by atoms with Crippen LogP contribution in [0.3, 0.4) is 0 Å². The number of carbonyl (C=O) groups is 2. The lowest BCUT2D eigenvalue weighted by Crippen LogP contribution is -2.52. The van der Waals surface area contributed by atoms with Crippen LogP contribution in [0.25, 0.3) is 0 Å². The maximum Gasteiger partial charge on any atom is 0.264 e. The molecule has 8 nitrogen and oxygen atoms in total. The monoisotopic (exact) mass is 649 g/mol. The summed E-state index contributed by atoms with van der Waals surface area (Å²) in [6.07, 6.45) is 0. The molecule has 214 valence electrons. The van der Waals surface area contributed by atoms with Crippen LogP contribution in [0.4, 0.5) is 5.69 Å². The fraction of sp³-hybridized carbons (Fsp3) is 0.310. The molecule has 0 spiro atoms. The molecule has 0 radical (unpaired) electrons. The molecule has 0 aromatic heterocycles. The summed E-state index contributed by atoms with van der Waals surface area (Å²) in [5, 5.41) is 3.22. The Morgan fingerprint density at radius 3 is 2.23 bits per heavy atom. The molecule has 0 aliphatic heterocycles. The second-order valence-electron chi connectivity index (χ2n) is 9.38. The number of nitrogens with one attached hydrogen (secondary N) is 1. The first-order valence-electron chi connectivity index (χ1n) is 12.8. The Kier molecular flexibility index (Phi) is 11.0. The fourth-order valence-corrected chi connectivity index (χ4v) is 5.94. The first-order valence-corrected chi connectivity index (χ1v) is 15.4. The van der Waals surface area contributed by atoms with Crippen LogP contribution in [-0.2, 0) is 26.2 Å². The topological polar surface area (TPSA) is 96.0 Å². The molecule has 40 heavy (non-hydrogen) atoms. The molecule has 11 heteroatoms. The number of carbonyl (C=O) groups excluding carboxylic acids is 2. The molecule has 0 unspecified atom stereocenters. The molecule has 0 bridgehead atoms. The van der Waals surface area contributed by atoms with Gasteiger partial charge in [0.1, 0.15) is 18.3 Å². The summed E-state index contributed by atoms with van der Waals surface area (Å²) in [6, 6.07) is 18.6. The van der Waals surface area contributed by atoms with Gasteiger partial charge in [0, 0.05) is 22.1 Å². The van der Waals surface area contributed by atoms with Crippen molar-refractivity contribution >= 4 is 55.1 Å². The molecule has 0 heterocycles. The maximum absolute atomic E-state index is 13.9. The highest BCUT2D eigenvalue weighted by molar-refractivity contribution is 9.10. The normalized spacial score (nSPS) is 12.1. The van der Waals surface area contributed by atoms with Gasteiger partial charge in [0.2, 0.25) is 11.8 Å². The summed E-state index contributed by atoms with van der Waals surface area (Å²) in [5.74, 6) is -0.319. The first-order chi connectivity index (χ1) is 18.9. The Balaban J connectivity index is 2.03. The molecular weight excluding hydrogens is 618 g/mol. The second-order valence-corrected chi connectivity index (χ2v) is 12.6. The van der Waals surface area contributed by atoms with E-state index in [9.17, 15) is 18.0 Å². The SMILES string of the molecule is CCOc1ccc(N(CC(=O)N(Cc2cccc(Br)c2)[C@@H](C)C(=O)NC(C)C)S(=O)(=O)c2ccc(Cl)cc2)cc1. The van der Waals surface area contributed by atoms with Crippen molar-refractivity contribution in [1.82, 2.24) is 10.2 Å². The Morgan fingerprint density at radius 1 is 1.00 bits per heavy atom. The van der Waals surface area contributed by atoms with Gasteiger partial charge in [0.15, 0.2) is 0 Å². The third-order valence-corrected chi connectivity index (χ3v) is 8.49. The highest BCUT2D eigenvalue weighted by Gasteiger charge is 2.32. The molecule has 3 aromatic carbocycles. The largest absolute Gasteiger partial charge is 0.494 e. The highest BCUT2D eigenvalue weighted by Crippen LogP contribution is 2.27. The number of amides is 2. The van der Waals surface area contributed by atoms with Gasteiger partial charge in [-0.15, -0.1) is 0 Å². The number of halogens is 2.